The maximum Gasteiger partial charge on any atom is 0.271 e. The zero-order chi connectivity index (χ0) is 34.2. The van der Waals surface area contributed by atoms with Gasteiger partial charge < -0.3 is 5.11 Å². The number of hydrogen-bond acceptors (Lipinski definition) is 7. The molecular weight excluding hydrogens is 646 g/mol. The number of fused-ring (bicyclic) bond motifs is 4. The van der Waals surface area contributed by atoms with Gasteiger partial charge in [0.05, 0.1) is 39.5 Å². The number of carbonyl (C=O) groups is 4. The van der Waals surface area contributed by atoms with Crippen LogP contribution in [0.15, 0.2) is 115 Å². The fourth-order valence-corrected chi connectivity index (χ4v) is 8.97. The van der Waals surface area contributed by atoms with E-state index in [2.05, 4.69) is 0 Å². The third-order valence-corrected chi connectivity index (χ3v) is 10.9. The van der Waals surface area contributed by atoms with Crippen molar-refractivity contribution in [2.75, 3.05) is 9.80 Å². The molecule has 4 aliphatic rings. The van der Waals surface area contributed by atoms with Crippen LogP contribution in [0.4, 0.5) is 17.1 Å². The molecule has 2 heterocycles. The molecule has 2 aliphatic carbocycles. The predicted octanol–water partition coefficient (Wildman–Crippen LogP) is 6.32. The summed E-state index contributed by atoms with van der Waals surface area (Å²) in [6, 6.07) is 27.7. The Kier molecular flexibility index (Phi) is 7.04. The number of allylic oxidation sites excluding steroid dienone is 2. The summed E-state index contributed by atoms with van der Waals surface area (Å²) < 4.78 is 0. The topological polar surface area (TPSA) is 138 Å². The molecule has 1 saturated carbocycles. The summed E-state index contributed by atoms with van der Waals surface area (Å²) in [4.78, 5) is 71.4. The average molecular weight is 674 g/mol. The molecule has 11 heteroatoms. The first-order valence-corrected chi connectivity index (χ1v) is 16.3. The van der Waals surface area contributed by atoms with E-state index in [9.17, 15) is 29.6 Å². The van der Waals surface area contributed by atoms with E-state index in [1.807, 2.05) is 36.4 Å². The van der Waals surface area contributed by atoms with E-state index in [0.29, 0.717) is 21.8 Å². The quantitative estimate of drug-likeness (QED) is 0.113. The number of nitrogens with zero attached hydrogens (tertiary/aromatic N) is 3. The summed E-state index contributed by atoms with van der Waals surface area (Å²) in [6.07, 6.45) is 2.25. The lowest BCUT2D eigenvalue weighted by molar-refractivity contribution is -0.384. The Hall–Kier alpha value is -5.61. The Morgan fingerprint density at radius 1 is 0.776 bits per heavy atom. The Morgan fingerprint density at radius 2 is 1.47 bits per heavy atom. The third-order valence-electron chi connectivity index (χ3n) is 10.7. The molecule has 2 saturated heterocycles. The SMILES string of the molecule is O=C1C2CC=C3C(CC4C(=O)N(c5cccc(Cl)c5)C(=O)C4(c4ccccc4)C3c3ccc(O)cc3)C2C(=O)N1c1cccc([N+](=O)[O-])c1. The number of benzene rings is 4. The summed E-state index contributed by atoms with van der Waals surface area (Å²) in [5.74, 6) is -5.67. The van der Waals surface area contributed by atoms with Crippen molar-refractivity contribution in [3.8, 4) is 5.75 Å². The van der Waals surface area contributed by atoms with Crippen LogP contribution < -0.4 is 9.80 Å². The highest BCUT2D eigenvalue weighted by Crippen LogP contribution is 2.64. The van der Waals surface area contributed by atoms with Crippen molar-refractivity contribution in [3.63, 3.8) is 0 Å². The van der Waals surface area contributed by atoms with Gasteiger partial charge in [-0.1, -0.05) is 77.8 Å². The number of aromatic hydroxyl groups is 1. The van der Waals surface area contributed by atoms with Crippen LogP contribution in [-0.2, 0) is 24.6 Å². The van der Waals surface area contributed by atoms with Crippen molar-refractivity contribution >= 4 is 52.3 Å². The first kappa shape index (κ1) is 30.7. The second-order valence-electron chi connectivity index (χ2n) is 13.0. The second-order valence-corrected chi connectivity index (χ2v) is 13.4. The monoisotopic (exact) mass is 673 g/mol. The molecule has 10 nitrogen and oxygen atoms in total. The van der Waals surface area contributed by atoms with Gasteiger partial charge in [-0.15, -0.1) is 0 Å². The van der Waals surface area contributed by atoms with Crippen LogP contribution in [0.25, 0.3) is 0 Å². The van der Waals surface area contributed by atoms with E-state index in [4.69, 9.17) is 11.6 Å². The first-order valence-electron chi connectivity index (χ1n) is 15.9. The number of halogens is 1. The Bertz CT molecular complexity index is 2120. The van der Waals surface area contributed by atoms with E-state index in [0.717, 1.165) is 10.5 Å². The van der Waals surface area contributed by atoms with Crippen LogP contribution >= 0.6 is 11.6 Å². The zero-order valence-corrected chi connectivity index (χ0v) is 26.6. The van der Waals surface area contributed by atoms with Crippen LogP contribution in [-0.4, -0.2) is 33.7 Å². The number of non-ortho nitro benzene ring substituents is 1. The number of phenols is 1. The number of anilines is 2. The van der Waals surface area contributed by atoms with Crippen molar-refractivity contribution in [3.05, 3.63) is 141 Å². The van der Waals surface area contributed by atoms with Gasteiger partial charge in [0.1, 0.15) is 5.75 Å². The fraction of sp³-hybridized carbons (Fsp3) is 0.211. The molecule has 4 aromatic carbocycles. The van der Waals surface area contributed by atoms with Crippen molar-refractivity contribution < 1.29 is 29.2 Å². The number of nitro groups is 1. The molecule has 3 fully saturated rings. The lowest BCUT2D eigenvalue weighted by atomic mass is 9.49. The molecule has 49 heavy (non-hydrogen) atoms. The molecule has 0 radical (unpaired) electrons. The van der Waals surface area contributed by atoms with E-state index in [-0.39, 0.29) is 30.0 Å². The largest absolute Gasteiger partial charge is 0.508 e. The fourth-order valence-electron chi connectivity index (χ4n) is 8.79. The highest BCUT2D eigenvalue weighted by atomic mass is 35.5. The van der Waals surface area contributed by atoms with Gasteiger partial charge in [0, 0.05) is 23.1 Å². The van der Waals surface area contributed by atoms with Crippen LogP contribution in [0.5, 0.6) is 5.75 Å². The standard InChI is InChI=1S/C38H28ClN3O7/c39-23-8-4-9-24(18-23)41-35(45)31-20-30-28(16-17-29-32(30)36(46)40(34(29)44)25-10-5-11-26(19-25)42(48)49)33(21-12-14-27(43)15-13-21)38(31,37(41)47)22-6-2-1-3-7-22/h1-16,18-19,29-33,43H,17,20H2. The summed E-state index contributed by atoms with van der Waals surface area (Å²) in [7, 11) is 0. The van der Waals surface area contributed by atoms with Gasteiger partial charge in [-0.05, 0) is 66.3 Å². The number of amides is 4. The highest BCUT2D eigenvalue weighted by molar-refractivity contribution is 6.32. The summed E-state index contributed by atoms with van der Waals surface area (Å²) >= 11 is 6.35. The molecule has 8 rings (SSSR count). The van der Waals surface area contributed by atoms with Crippen LogP contribution in [0.3, 0.4) is 0 Å². The van der Waals surface area contributed by atoms with Gasteiger partial charge in [-0.2, -0.15) is 0 Å². The lowest BCUT2D eigenvalue weighted by Gasteiger charge is -2.50. The molecule has 1 N–H and O–H groups in total. The molecule has 2 aliphatic heterocycles. The minimum absolute atomic E-state index is 0.0256. The molecule has 0 bridgehead atoms. The molecule has 6 atom stereocenters. The number of carbonyl (C=O) groups excluding carboxylic acids is 4. The normalized spacial score (nSPS) is 27.4. The third kappa shape index (κ3) is 4.40. The maximum absolute atomic E-state index is 15.2. The van der Waals surface area contributed by atoms with Crippen molar-refractivity contribution in [1.82, 2.24) is 0 Å². The molecule has 4 aromatic rings. The van der Waals surface area contributed by atoms with Gasteiger partial charge >= 0.3 is 0 Å². The second kappa shape index (κ2) is 11.2. The number of phenolic OH excluding ortho intramolecular Hbond substituents is 1. The Balaban J connectivity index is 1.33. The Morgan fingerprint density at radius 3 is 2.16 bits per heavy atom. The van der Waals surface area contributed by atoms with Gasteiger partial charge in [-0.3, -0.25) is 29.3 Å². The smallest absolute Gasteiger partial charge is 0.271 e. The molecule has 244 valence electrons. The summed E-state index contributed by atoms with van der Waals surface area (Å²) in [6.45, 7) is 0. The average Bonchev–Trinajstić information content (AvgIpc) is 3.49. The maximum atomic E-state index is 15.2. The minimum atomic E-state index is -1.43. The van der Waals surface area contributed by atoms with E-state index < -0.39 is 63.6 Å². The number of rotatable bonds is 5. The molecular formula is C38H28ClN3O7. The summed E-state index contributed by atoms with van der Waals surface area (Å²) in [5, 5.41) is 22.2. The minimum Gasteiger partial charge on any atom is -0.508 e. The Labute approximate surface area is 285 Å². The predicted molar refractivity (Wildman–Crippen MR) is 180 cm³/mol. The molecule has 0 spiro atoms. The van der Waals surface area contributed by atoms with Crippen molar-refractivity contribution in [2.24, 2.45) is 23.7 Å². The summed E-state index contributed by atoms with van der Waals surface area (Å²) in [5.41, 5.74) is 0.832. The number of nitro benzene ring substituents is 1. The van der Waals surface area contributed by atoms with Crippen molar-refractivity contribution in [1.29, 1.82) is 0 Å². The van der Waals surface area contributed by atoms with Crippen LogP contribution in [0, 0.1) is 33.8 Å². The van der Waals surface area contributed by atoms with Crippen LogP contribution in [0.2, 0.25) is 5.02 Å². The van der Waals surface area contributed by atoms with Crippen LogP contribution in [0.1, 0.15) is 29.9 Å². The molecule has 4 amide bonds. The highest BCUT2D eigenvalue weighted by Gasteiger charge is 2.70. The first-order chi connectivity index (χ1) is 23.6. The number of imide groups is 2. The van der Waals surface area contributed by atoms with E-state index in [1.165, 1.54) is 41.3 Å². The molecule has 0 aromatic heterocycles. The van der Waals surface area contributed by atoms with Gasteiger partial charge in [0.25, 0.3) is 5.69 Å². The van der Waals surface area contributed by atoms with Gasteiger partial charge in [0.15, 0.2) is 0 Å². The van der Waals surface area contributed by atoms with E-state index in [1.54, 1.807) is 36.4 Å². The van der Waals surface area contributed by atoms with E-state index >= 15 is 4.79 Å². The van der Waals surface area contributed by atoms with Gasteiger partial charge in [-0.25, -0.2) is 9.80 Å². The lowest BCUT2D eigenvalue weighted by Crippen LogP contribution is -2.53. The number of hydrogen-bond donors (Lipinski definition) is 1. The van der Waals surface area contributed by atoms with Gasteiger partial charge in [0.2, 0.25) is 23.6 Å². The zero-order valence-electron chi connectivity index (χ0n) is 25.8. The molecule has 6 unspecified atom stereocenters. The van der Waals surface area contributed by atoms with Crippen molar-refractivity contribution in [2.45, 2.75) is 24.2 Å².